The van der Waals surface area contributed by atoms with E-state index in [-0.39, 0.29) is 0 Å². The molecule has 0 radical (unpaired) electrons. The van der Waals surface area contributed by atoms with E-state index in [1.54, 1.807) is 0 Å². The second-order valence-corrected chi connectivity index (χ2v) is 12.5. The molecule has 0 amide bonds. The molecular weight excluding hydrogens is 555 g/mol. The van der Waals surface area contributed by atoms with Crippen molar-refractivity contribution >= 4 is 53.3 Å². The molecule has 0 fully saturated rings. The van der Waals surface area contributed by atoms with Crippen molar-refractivity contribution in [1.82, 2.24) is 9.55 Å². The van der Waals surface area contributed by atoms with Crippen LogP contribution in [0.1, 0.15) is 0 Å². The van der Waals surface area contributed by atoms with E-state index < -0.39 is 0 Å². The Hall–Kier alpha value is -5.58. The number of rotatable bonds is 3. The second kappa shape index (κ2) is 8.96. The van der Waals surface area contributed by atoms with E-state index in [0.29, 0.717) is 0 Å². The van der Waals surface area contributed by atoms with Gasteiger partial charge in [-0.05, 0) is 59.2 Å². The van der Waals surface area contributed by atoms with E-state index in [4.69, 9.17) is 4.98 Å². The third-order valence-electron chi connectivity index (χ3n) is 9.00. The molecule has 0 saturated heterocycles. The molecule has 44 heavy (non-hydrogen) atoms. The molecule has 0 saturated carbocycles. The summed E-state index contributed by atoms with van der Waals surface area (Å²) in [5.41, 5.74) is 10.6. The summed E-state index contributed by atoms with van der Waals surface area (Å²) in [5.74, 6) is 0.860. The molecule has 4 heteroatoms. The zero-order valence-corrected chi connectivity index (χ0v) is 24.4. The molecular formula is C40H24N3S+. The van der Waals surface area contributed by atoms with Gasteiger partial charge in [-0.25, -0.2) is 4.57 Å². The van der Waals surface area contributed by atoms with Crippen LogP contribution in [-0.4, -0.2) is 9.55 Å². The van der Waals surface area contributed by atoms with Crippen molar-refractivity contribution in [3.05, 3.63) is 146 Å². The Labute approximate surface area is 257 Å². The first-order valence-electron chi connectivity index (χ1n) is 14.9. The first-order valence-corrected chi connectivity index (χ1v) is 15.7. The van der Waals surface area contributed by atoms with Crippen LogP contribution >= 0.6 is 11.3 Å². The minimum atomic E-state index is 0.860. The van der Waals surface area contributed by atoms with Crippen molar-refractivity contribution in [3.63, 3.8) is 0 Å². The highest BCUT2D eigenvalue weighted by Crippen LogP contribution is 2.54. The van der Waals surface area contributed by atoms with Gasteiger partial charge in [0.2, 0.25) is 0 Å². The number of hydrogen-bond acceptors (Lipinski definition) is 2. The third-order valence-corrected chi connectivity index (χ3v) is 10.1. The van der Waals surface area contributed by atoms with E-state index in [0.717, 1.165) is 39.3 Å². The Kier molecular flexibility index (Phi) is 4.87. The molecule has 1 aliphatic rings. The Morgan fingerprint density at radius 3 is 1.98 bits per heavy atom. The van der Waals surface area contributed by atoms with Crippen molar-refractivity contribution < 1.29 is 4.57 Å². The predicted octanol–water partition coefficient (Wildman–Crippen LogP) is 10.1. The van der Waals surface area contributed by atoms with Crippen LogP contribution in [0, 0.1) is 0 Å². The van der Waals surface area contributed by atoms with Crippen molar-refractivity contribution in [2.24, 2.45) is 0 Å². The predicted molar refractivity (Wildman–Crippen MR) is 183 cm³/mol. The summed E-state index contributed by atoms with van der Waals surface area (Å²) in [7, 11) is 0. The largest absolute Gasteiger partial charge is 0.409 e. The molecule has 0 atom stereocenters. The lowest BCUT2D eigenvalue weighted by molar-refractivity contribution is -0.591. The number of nitrogens with zero attached hydrogens (tertiary/aromatic N) is 3. The van der Waals surface area contributed by atoms with E-state index in [2.05, 4.69) is 155 Å². The van der Waals surface area contributed by atoms with E-state index >= 15 is 0 Å². The summed E-state index contributed by atoms with van der Waals surface area (Å²) in [5, 5.41) is 5.07. The molecule has 3 aromatic heterocycles. The average Bonchev–Trinajstić information content (AvgIpc) is 3.61. The molecule has 0 spiro atoms. The van der Waals surface area contributed by atoms with Crippen LogP contribution < -0.4 is 4.57 Å². The van der Waals surface area contributed by atoms with E-state index in [1.807, 2.05) is 11.3 Å². The van der Waals surface area contributed by atoms with Crippen LogP contribution in [-0.2, 0) is 0 Å². The minimum Gasteiger partial charge on any atom is -0.201 e. The SMILES string of the molecule is c1ccc(-c2c3c4c(cccc4n2-c2nc4ccccc4c[n+]2-c2ccccc2)-c2cccc4sc5cccc-3c5c24)cc1. The molecule has 1 aliphatic carbocycles. The van der Waals surface area contributed by atoms with Crippen molar-refractivity contribution in [2.75, 3.05) is 0 Å². The van der Waals surface area contributed by atoms with Gasteiger partial charge in [-0.3, -0.25) is 0 Å². The van der Waals surface area contributed by atoms with E-state index in [1.165, 1.54) is 47.8 Å². The quantitative estimate of drug-likeness (QED) is 0.191. The van der Waals surface area contributed by atoms with Gasteiger partial charge < -0.3 is 0 Å². The van der Waals surface area contributed by atoms with Crippen LogP contribution in [0.2, 0.25) is 0 Å². The summed E-state index contributed by atoms with van der Waals surface area (Å²) in [6.45, 7) is 0. The van der Waals surface area contributed by atoms with E-state index in [9.17, 15) is 0 Å². The Morgan fingerprint density at radius 2 is 1.18 bits per heavy atom. The smallest absolute Gasteiger partial charge is 0.201 e. The minimum absolute atomic E-state index is 0.860. The average molecular weight is 579 g/mol. The first kappa shape index (κ1) is 23.9. The molecule has 204 valence electrons. The fraction of sp³-hybridized carbons (Fsp3) is 0. The summed E-state index contributed by atoms with van der Waals surface area (Å²) < 4.78 is 7.30. The van der Waals surface area contributed by atoms with Crippen molar-refractivity contribution in [2.45, 2.75) is 0 Å². The maximum Gasteiger partial charge on any atom is 0.409 e. The van der Waals surface area contributed by atoms with Gasteiger partial charge >= 0.3 is 5.95 Å². The molecule has 3 nitrogen and oxygen atoms in total. The number of hydrogen-bond donors (Lipinski definition) is 0. The van der Waals surface area contributed by atoms with Gasteiger partial charge in [0.05, 0.1) is 6.20 Å². The van der Waals surface area contributed by atoms with Gasteiger partial charge in [-0.2, -0.15) is 4.57 Å². The Balaban J connectivity index is 1.46. The zero-order chi connectivity index (χ0) is 28.8. The Bertz CT molecular complexity index is 2590. The van der Waals surface area contributed by atoms with Crippen LogP contribution in [0.4, 0.5) is 0 Å². The standard InChI is InChI=1S/C40H24N3S/c1-3-12-25(13-4-1)39-38-30-19-11-23-34-37(30)36-29(18-10-22-33(36)44-34)28-17-9-21-32(35(28)38)43(39)40-41-31-20-8-7-14-26(31)24-42(40)27-15-5-2-6-16-27/h1-24H/q+1. The fourth-order valence-corrected chi connectivity index (χ4v) is 8.35. The number of fused-ring (bicyclic) bond motifs is 3. The number of benzene rings is 6. The summed E-state index contributed by atoms with van der Waals surface area (Å²) in [4.78, 5) is 5.43. The summed E-state index contributed by atoms with van der Waals surface area (Å²) in [6.07, 6.45) is 2.22. The van der Waals surface area contributed by atoms with Gasteiger partial charge in [0.15, 0.2) is 5.52 Å². The van der Waals surface area contributed by atoms with Crippen molar-refractivity contribution in [1.29, 1.82) is 0 Å². The number of aromatic nitrogens is 3. The summed E-state index contributed by atoms with van der Waals surface area (Å²) >= 11 is 1.89. The maximum atomic E-state index is 5.43. The lowest BCUT2D eigenvalue weighted by atomic mass is 9.95. The number of para-hydroxylation sites is 2. The van der Waals surface area contributed by atoms with Crippen LogP contribution in [0.5, 0.6) is 0 Å². The monoisotopic (exact) mass is 578 g/mol. The van der Waals surface area contributed by atoms with Crippen molar-refractivity contribution in [3.8, 4) is 45.1 Å². The highest BCUT2D eigenvalue weighted by atomic mass is 32.1. The fourth-order valence-electron chi connectivity index (χ4n) is 7.20. The second-order valence-electron chi connectivity index (χ2n) is 11.4. The molecule has 0 N–H and O–H groups in total. The lowest BCUT2D eigenvalue weighted by Crippen LogP contribution is -2.37. The third kappa shape index (κ3) is 3.20. The first-order chi connectivity index (χ1) is 21.8. The highest BCUT2D eigenvalue weighted by molar-refractivity contribution is 7.26. The molecule has 10 rings (SSSR count). The van der Waals surface area contributed by atoms with Gasteiger partial charge in [-0.15, -0.1) is 11.3 Å². The lowest BCUT2D eigenvalue weighted by Gasteiger charge is -2.12. The van der Waals surface area contributed by atoms with Gasteiger partial charge in [0.25, 0.3) is 0 Å². The number of thiophene rings is 1. The van der Waals surface area contributed by atoms with Gasteiger partial charge in [0.1, 0.15) is 16.9 Å². The van der Waals surface area contributed by atoms with Gasteiger partial charge in [-0.1, -0.05) is 102 Å². The normalized spacial score (nSPS) is 12.1. The maximum absolute atomic E-state index is 5.43. The topological polar surface area (TPSA) is 21.7 Å². The molecule has 6 aromatic carbocycles. The molecule has 0 unspecified atom stereocenters. The molecule has 3 heterocycles. The van der Waals surface area contributed by atoms with Crippen LogP contribution in [0.15, 0.2) is 146 Å². The molecule has 9 aromatic rings. The summed E-state index contributed by atoms with van der Waals surface area (Å²) in [6, 6.07) is 50.1. The molecule has 0 bridgehead atoms. The van der Waals surface area contributed by atoms with Gasteiger partial charge in [0, 0.05) is 42.1 Å². The highest BCUT2D eigenvalue weighted by Gasteiger charge is 2.34. The van der Waals surface area contributed by atoms with Crippen LogP contribution in [0.25, 0.3) is 87.1 Å². The van der Waals surface area contributed by atoms with Crippen LogP contribution in [0.3, 0.4) is 0 Å². The zero-order valence-electron chi connectivity index (χ0n) is 23.6. The molecule has 0 aliphatic heterocycles. The Morgan fingerprint density at radius 1 is 0.545 bits per heavy atom.